The van der Waals surface area contributed by atoms with Crippen LogP contribution in [0.1, 0.15) is 37.5 Å². The van der Waals surface area contributed by atoms with Crippen molar-refractivity contribution < 1.29 is 17.6 Å². The van der Waals surface area contributed by atoms with E-state index < -0.39 is 22.0 Å². The van der Waals surface area contributed by atoms with E-state index in [1.165, 1.54) is 8.61 Å². The lowest BCUT2D eigenvalue weighted by atomic mass is 9.99. The van der Waals surface area contributed by atoms with Gasteiger partial charge in [-0.2, -0.15) is 17.0 Å². The summed E-state index contributed by atoms with van der Waals surface area (Å²) in [6.07, 6.45) is 4.43. The standard InChI is InChI=1S/C14H21N3O4S/c15-14(18)11-4-1-7-16(10-11)22(19,20)17-8-2-5-12(17)13-6-3-9-21-13/h3,6,9,11-12H,1-2,4-5,7-8,10H2,(H2,15,18)/t11-,12+/m1/s1. The molecule has 1 aromatic heterocycles. The maximum absolute atomic E-state index is 12.9. The summed E-state index contributed by atoms with van der Waals surface area (Å²) in [5.74, 6) is -0.151. The lowest BCUT2D eigenvalue weighted by molar-refractivity contribution is -0.122. The van der Waals surface area contributed by atoms with E-state index >= 15 is 0 Å². The first kappa shape index (κ1) is 15.5. The highest BCUT2D eigenvalue weighted by Crippen LogP contribution is 2.36. The monoisotopic (exact) mass is 327 g/mol. The molecule has 2 aliphatic rings. The van der Waals surface area contributed by atoms with Gasteiger partial charge < -0.3 is 10.2 Å². The average Bonchev–Trinajstić information content (AvgIpc) is 3.18. The molecular formula is C14H21N3O4S. The first-order valence-corrected chi connectivity index (χ1v) is 8.99. The maximum Gasteiger partial charge on any atom is 0.282 e. The molecule has 1 amide bonds. The van der Waals surface area contributed by atoms with Crippen molar-refractivity contribution in [3.05, 3.63) is 24.2 Å². The Bertz CT molecular complexity index is 629. The van der Waals surface area contributed by atoms with Gasteiger partial charge in [-0.15, -0.1) is 0 Å². The third kappa shape index (κ3) is 2.78. The highest BCUT2D eigenvalue weighted by atomic mass is 32.2. The average molecular weight is 327 g/mol. The Morgan fingerprint density at radius 2 is 2.05 bits per heavy atom. The Labute approximate surface area is 130 Å². The van der Waals surface area contributed by atoms with Crippen molar-refractivity contribution >= 4 is 16.1 Å². The summed E-state index contributed by atoms with van der Waals surface area (Å²) < 4.78 is 34.1. The Morgan fingerprint density at radius 1 is 1.27 bits per heavy atom. The number of primary amides is 1. The molecule has 7 nitrogen and oxygen atoms in total. The number of carbonyl (C=O) groups is 1. The molecule has 0 aromatic carbocycles. The van der Waals surface area contributed by atoms with Crippen LogP contribution in [-0.2, 0) is 15.0 Å². The Morgan fingerprint density at radius 3 is 2.73 bits per heavy atom. The number of hydrogen-bond donors (Lipinski definition) is 1. The van der Waals surface area contributed by atoms with Crippen molar-refractivity contribution in [2.75, 3.05) is 19.6 Å². The van der Waals surface area contributed by atoms with Crippen molar-refractivity contribution in [1.29, 1.82) is 0 Å². The van der Waals surface area contributed by atoms with Crippen molar-refractivity contribution in [1.82, 2.24) is 8.61 Å². The molecule has 122 valence electrons. The minimum atomic E-state index is -3.60. The van der Waals surface area contributed by atoms with Gasteiger partial charge in [0.05, 0.1) is 18.2 Å². The number of furan rings is 1. The maximum atomic E-state index is 12.9. The molecule has 22 heavy (non-hydrogen) atoms. The smallest absolute Gasteiger partial charge is 0.282 e. The van der Waals surface area contributed by atoms with Crippen LogP contribution in [0.2, 0.25) is 0 Å². The van der Waals surface area contributed by atoms with Gasteiger partial charge in [0.2, 0.25) is 5.91 Å². The molecule has 0 radical (unpaired) electrons. The predicted octanol–water partition coefficient (Wildman–Crippen LogP) is 0.859. The SMILES string of the molecule is NC(=O)[C@@H]1CCCN(S(=O)(=O)N2CCC[C@H]2c2ccco2)C1. The van der Waals surface area contributed by atoms with E-state index in [4.69, 9.17) is 10.2 Å². The minimum absolute atomic E-state index is 0.180. The topological polar surface area (TPSA) is 96.8 Å². The fraction of sp³-hybridized carbons (Fsp3) is 0.643. The zero-order valence-electron chi connectivity index (χ0n) is 12.3. The van der Waals surface area contributed by atoms with E-state index in [0.29, 0.717) is 31.7 Å². The second-order valence-corrected chi connectivity index (χ2v) is 7.77. The molecule has 3 rings (SSSR count). The van der Waals surface area contributed by atoms with Crippen molar-refractivity contribution in [2.24, 2.45) is 11.7 Å². The van der Waals surface area contributed by atoms with E-state index in [2.05, 4.69) is 0 Å². The Balaban J connectivity index is 1.81. The number of nitrogens with zero attached hydrogens (tertiary/aromatic N) is 2. The number of carbonyl (C=O) groups excluding carboxylic acids is 1. The predicted molar refractivity (Wildman–Crippen MR) is 79.8 cm³/mol. The van der Waals surface area contributed by atoms with Crippen molar-refractivity contribution in [3.63, 3.8) is 0 Å². The summed E-state index contributed by atoms with van der Waals surface area (Å²) >= 11 is 0. The second kappa shape index (κ2) is 6.02. The number of amides is 1. The number of nitrogens with two attached hydrogens (primary N) is 1. The van der Waals surface area contributed by atoms with Crippen LogP contribution in [0.5, 0.6) is 0 Å². The fourth-order valence-electron chi connectivity index (χ4n) is 3.31. The van der Waals surface area contributed by atoms with Crippen LogP contribution in [0.15, 0.2) is 22.8 Å². The molecular weight excluding hydrogens is 306 g/mol. The van der Waals surface area contributed by atoms with Crippen LogP contribution in [0.3, 0.4) is 0 Å². The third-order valence-electron chi connectivity index (χ3n) is 4.48. The van der Waals surface area contributed by atoms with Crippen molar-refractivity contribution in [2.45, 2.75) is 31.7 Å². The van der Waals surface area contributed by atoms with Crippen LogP contribution in [-0.4, -0.2) is 42.6 Å². The van der Waals surface area contributed by atoms with Gasteiger partial charge in [-0.1, -0.05) is 0 Å². The number of rotatable bonds is 4. The first-order valence-electron chi connectivity index (χ1n) is 7.60. The summed E-state index contributed by atoms with van der Waals surface area (Å²) in [5, 5.41) is 0. The van der Waals surface area contributed by atoms with Crippen LogP contribution >= 0.6 is 0 Å². The lowest BCUT2D eigenvalue weighted by Gasteiger charge is -2.34. The molecule has 0 aliphatic carbocycles. The molecule has 2 atom stereocenters. The third-order valence-corrected chi connectivity index (χ3v) is 6.50. The first-order chi connectivity index (χ1) is 10.5. The molecule has 8 heteroatoms. The van der Waals surface area contributed by atoms with E-state index in [0.717, 1.165) is 12.8 Å². The van der Waals surface area contributed by atoms with Crippen molar-refractivity contribution in [3.8, 4) is 0 Å². The molecule has 3 heterocycles. The lowest BCUT2D eigenvalue weighted by Crippen LogP contribution is -2.49. The van der Waals surface area contributed by atoms with Crippen LogP contribution in [0, 0.1) is 5.92 Å². The van der Waals surface area contributed by atoms with Gasteiger partial charge in [0.1, 0.15) is 5.76 Å². The van der Waals surface area contributed by atoms with E-state index in [-0.39, 0.29) is 12.6 Å². The Hall–Kier alpha value is -1.38. The summed E-state index contributed by atoms with van der Waals surface area (Å²) in [6.45, 7) is 1.10. The van der Waals surface area contributed by atoms with Gasteiger partial charge in [0.25, 0.3) is 10.2 Å². The largest absolute Gasteiger partial charge is 0.468 e. The van der Waals surface area contributed by atoms with Gasteiger partial charge in [-0.05, 0) is 37.8 Å². The molecule has 2 fully saturated rings. The molecule has 2 N–H and O–H groups in total. The van der Waals surface area contributed by atoms with E-state index in [1.54, 1.807) is 18.4 Å². The van der Waals surface area contributed by atoms with E-state index in [9.17, 15) is 13.2 Å². The molecule has 0 saturated carbocycles. The zero-order valence-corrected chi connectivity index (χ0v) is 13.2. The second-order valence-electron chi connectivity index (χ2n) is 5.89. The van der Waals surface area contributed by atoms with Gasteiger partial charge in [0, 0.05) is 19.6 Å². The van der Waals surface area contributed by atoms with Crippen LogP contribution < -0.4 is 5.73 Å². The molecule has 2 saturated heterocycles. The van der Waals surface area contributed by atoms with Gasteiger partial charge in [-0.3, -0.25) is 4.79 Å². The number of hydrogen-bond acceptors (Lipinski definition) is 4. The highest BCUT2D eigenvalue weighted by molar-refractivity contribution is 7.86. The normalized spacial score (nSPS) is 28.0. The van der Waals surface area contributed by atoms with Gasteiger partial charge in [-0.25, -0.2) is 0 Å². The summed E-state index contributed by atoms with van der Waals surface area (Å²) in [4.78, 5) is 11.4. The number of piperidine rings is 1. The zero-order chi connectivity index (χ0) is 15.7. The summed E-state index contributed by atoms with van der Waals surface area (Å²) in [6, 6.07) is 3.32. The quantitative estimate of drug-likeness (QED) is 0.887. The molecule has 2 aliphatic heterocycles. The molecule has 0 unspecified atom stereocenters. The Kier molecular flexibility index (Phi) is 4.24. The molecule has 0 bridgehead atoms. The van der Waals surface area contributed by atoms with Gasteiger partial charge in [0.15, 0.2) is 0 Å². The molecule has 1 aromatic rings. The van der Waals surface area contributed by atoms with Crippen LogP contribution in [0.25, 0.3) is 0 Å². The highest BCUT2D eigenvalue weighted by Gasteiger charge is 2.42. The van der Waals surface area contributed by atoms with E-state index in [1.807, 2.05) is 0 Å². The van der Waals surface area contributed by atoms with Crippen LogP contribution in [0.4, 0.5) is 0 Å². The summed E-state index contributed by atoms with van der Waals surface area (Å²) in [7, 11) is -3.60. The molecule has 0 spiro atoms. The fourth-order valence-corrected chi connectivity index (χ4v) is 5.23. The van der Waals surface area contributed by atoms with Gasteiger partial charge >= 0.3 is 0 Å². The summed E-state index contributed by atoms with van der Waals surface area (Å²) in [5.41, 5.74) is 5.34. The minimum Gasteiger partial charge on any atom is -0.468 e.